The minimum Gasteiger partial charge on any atom is -0.492 e. The van der Waals surface area contributed by atoms with Gasteiger partial charge in [0, 0.05) is 37.7 Å². The van der Waals surface area contributed by atoms with Gasteiger partial charge in [0.15, 0.2) is 5.96 Å². The maximum Gasteiger partial charge on any atom is 0.221 e. The number of halogens is 1. The van der Waals surface area contributed by atoms with Crippen molar-refractivity contribution in [3.63, 3.8) is 0 Å². The topological polar surface area (TPSA) is 84.0 Å². The Morgan fingerprint density at radius 1 is 1.23 bits per heavy atom. The van der Waals surface area contributed by atoms with Gasteiger partial charge in [0.2, 0.25) is 5.91 Å². The number of rotatable bonds is 6. The average molecular weight is 538 g/mol. The lowest BCUT2D eigenvalue weighted by molar-refractivity contribution is -0.114. The van der Waals surface area contributed by atoms with Gasteiger partial charge in [-0.2, -0.15) is 0 Å². The number of aliphatic imine (C=N–C) groups is 1. The third-order valence-electron chi connectivity index (χ3n) is 4.73. The summed E-state index contributed by atoms with van der Waals surface area (Å²) in [4.78, 5) is 15.5. The highest BCUT2D eigenvalue weighted by Crippen LogP contribution is 2.39. The van der Waals surface area contributed by atoms with E-state index in [9.17, 15) is 4.79 Å². The molecular formula is C23H31IN4O3. The summed E-state index contributed by atoms with van der Waals surface area (Å²) >= 11 is 0. The average Bonchev–Trinajstić information content (AvgIpc) is 2.69. The smallest absolute Gasteiger partial charge is 0.221 e. The van der Waals surface area contributed by atoms with E-state index in [-0.39, 0.29) is 41.5 Å². The molecule has 7 nitrogen and oxygen atoms in total. The van der Waals surface area contributed by atoms with Crippen LogP contribution in [-0.4, -0.2) is 37.7 Å². The lowest BCUT2D eigenvalue weighted by atomic mass is 9.90. The summed E-state index contributed by atoms with van der Waals surface area (Å²) < 4.78 is 11.9. The van der Waals surface area contributed by atoms with Crippen LogP contribution < -0.4 is 25.4 Å². The third-order valence-corrected chi connectivity index (χ3v) is 4.73. The minimum atomic E-state index is -0.257. The standard InChI is InChI=1S/C23H30N4O3.HI/c1-16(28)26-17-8-7-9-18(14-17)29-13-12-25-22(24-4)27-20-15-23(2,3)30-21-11-6-5-10-19(20)21;/h5-11,14,20H,12-13,15H2,1-4H3,(H,26,28)(H2,24,25,27);1H. The van der Waals surface area contributed by atoms with Crippen LogP contribution in [0.4, 0.5) is 5.69 Å². The van der Waals surface area contributed by atoms with Gasteiger partial charge in [0.05, 0.1) is 12.6 Å². The normalized spacial score (nSPS) is 16.8. The molecule has 0 radical (unpaired) electrons. The quantitative estimate of drug-likeness (QED) is 0.223. The molecule has 0 saturated heterocycles. The summed E-state index contributed by atoms with van der Waals surface area (Å²) in [5.74, 6) is 2.21. The van der Waals surface area contributed by atoms with Crippen molar-refractivity contribution in [1.29, 1.82) is 0 Å². The minimum absolute atomic E-state index is 0. The number of para-hydroxylation sites is 1. The second kappa shape index (κ2) is 11.2. The van der Waals surface area contributed by atoms with E-state index < -0.39 is 0 Å². The molecule has 0 bridgehead atoms. The van der Waals surface area contributed by atoms with E-state index in [0.717, 1.165) is 17.7 Å². The molecule has 1 unspecified atom stereocenters. The van der Waals surface area contributed by atoms with Crippen molar-refractivity contribution in [3.05, 3.63) is 54.1 Å². The predicted molar refractivity (Wildman–Crippen MR) is 135 cm³/mol. The number of fused-ring (bicyclic) bond motifs is 1. The van der Waals surface area contributed by atoms with E-state index in [0.29, 0.717) is 30.5 Å². The summed E-state index contributed by atoms with van der Waals surface area (Å²) in [6.45, 7) is 6.71. The number of carbonyl (C=O) groups is 1. The second-order valence-electron chi connectivity index (χ2n) is 7.86. The van der Waals surface area contributed by atoms with Crippen LogP contribution in [0.1, 0.15) is 38.8 Å². The molecule has 31 heavy (non-hydrogen) atoms. The SMILES string of the molecule is CN=C(NCCOc1cccc(NC(C)=O)c1)NC1CC(C)(C)Oc2ccccc21.I. The number of benzene rings is 2. The van der Waals surface area contributed by atoms with Crippen LogP contribution in [0.2, 0.25) is 0 Å². The molecule has 0 saturated carbocycles. The molecule has 0 spiro atoms. The van der Waals surface area contributed by atoms with Gasteiger partial charge in [-0.1, -0.05) is 24.3 Å². The molecular weight excluding hydrogens is 507 g/mol. The number of amides is 1. The van der Waals surface area contributed by atoms with E-state index in [4.69, 9.17) is 9.47 Å². The Morgan fingerprint density at radius 2 is 2.00 bits per heavy atom. The molecule has 3 rings (SSSR count). The third kappa shape index (κ3) is 7.30. The summed E-state index contributed by atoms with van der Waals surface area (Å²) in [6.07, 6.45) is 0.831. The van der Waals surface area contributed by atoms with Crippen LogP contribution in [0.5, 0.6) is 11.5 Å². The fourth-order valence-corrected chi connectivity index (χ4v) is 3.50. The van der Waals surface area contributed by atoms with E-state index >= 15 is 0 Å². The molecule has 1 atom stereocenters. The van der Waals surface area contributed by atoms with Crippen molar-refractivity contribution in [1.82, 2.24) is 10.6 Å². The first kappa shape index (κ1) is 24.8. The molecule has 168 valence electrons. The molecule has 1 aliphatic heterocycles. The molecule has 2 aromatic carbocycles. The Morgan fingerprint density at radius 3 is 2.74 bits per heavy atom. The second-order valence-corrected chi connectivity index (χ2v) is 7.86. The zero-order valence-corrected chi connectivity index (χ0v) is 20.7. The first-order valence-corrected chi connectivity index (χ1v) is 10.1. The van der Waals surface area contributed by atoms with Gasteiger partial charge >= 0.3 is 0 Å². The van der Waals surface area contributed by atoms with Crippen LogP contribution >= 0.6 is 24.0 Å². The summed E-state index contributed by atoms with van der Waals surface area (Å²) in [7, 11) is 1.75. The van der Waals surface area contributed by atoms with E-state index in [1.807, 2.05) is 36.4 Å². The van der Waals surface area contributed by atoms with Crippen LogP contribution in [0.3, 0.4) is 0 Å². The molecule has 1 aliphatic rings. The number of hydrogen-bond donors (Lipinski definition) is 3. The Labute approximate surface area is 201 Å². The summed E-state index contributed by atoms with van der Waals surface area (Å²) in [5.41, 5.74) is 1.59. The van der Waals surface area contributed by atoms with Crippen LogP contribution in [0.15, 0.2) is 53.5 Å². The van der Waals surface area contributed by atoms with Crippen LogP contribution in [0.25, 0.3) is 0 Å². The largest absolute Gasteiger partial charge is 0.492 e. The van der Waals surface area contributed by atoms with Gasteiger partial charge in [0.25, 0.3) is 0 Å². The van der Waals surface area contributed by atoms with Crippen molar-refractivity contribution in [2.75, 3.05) is 25.5 Å². The number of anilines is 1. The van der Waals surface area contributed by atoms with Gasteiger partial charge in [-0.15, -0.1) is 24.0 Å². The zero-order valence-electron chi connectivity index (χ0n) is 18.4. The predicted octanol–water partition coefficient (Wildman–Crippen LogP) is 4.11. The van der Waals surface area contributed by atoms with E-state index in [1.165, 1.54) is 6.92 Å². The van der Waals surface area contributed by atoms with Crippen molar-refractivity contribution < 1.29 is 14.3 Å². The number of guanidine groups is 1. The Bertz CT molecular complexity index is 917. The van der Waals surface area contributed by atoms with Crippen molar-refractivity contribution in [3.8, 4) is 11.5 Å². The Hall–Kier alpha value is -2.49. The lowest BCUT2D eigenvalue weighted by Gasteiger charge is -2.38. The van der Waals surface area contributed by atoms with Crippen molar-refractivity contribution in [2.24, 2.45) is 4.99 Å². The maximum absolute atomic E-state index is 11.2. The van der Waals surface area contributed by atoms with Crippen LogP contribution in [0, 0.1) is 0 Å². The highest BCUT2D eigenvalue weighted by Gasteiger charge is 2.33. The molecule has 0 fully saturated rings. The fraction of sp³-hybridized carbons (Fsp3) is 0.391. The first-order valence-electron chi connectivity index (χ1n) is 10.1. The van der Waals surface area contributed by atoms with Gasteiger partial charge in [-0.25, -0.2) is 0 Å². The number of carbonyl (C=O) groups excluding carboxylic acids is 1. The molecule has 0 aliphatic carbocycles. The van der Waals surface area contributed by atoms with Gasteiger partial charge in [-0.3, -0.25) is 9.79 Å². The molecule has 1 amide bonds. The Kier molecular flexibility index (Phi) is 8.97. The summed E-state index contributed by atoms with van der Waals surface area (Å²) in [5, 5.41) is 9.55. The van der Waals surface area contributed by atoms with E-state index in [1.54, 1.807) is 13.1 Å². The highest BCUT2D eigenvalue weighted by atomic mass is 127. The molecule has 2 aromatic rings. The summed E-state index contributed by atoms with van der Waals surface area (Å²) in [6, 6.07) is 15.5. The maximum atomic E-state index is 11.2. The fourth-order valence-electron chi connectivity index (χ4n) is 3.50. The Balaban J connectivity index is 0.00000341. The van der Waals surface area contributed by atoms with Crippen molar-refractivity contribution >= 4 is 41.5 Å². The van der Waals surface area contributed by atoms with Crippen molar-refractivity contribution in [2.45, 2.75) is 38.8 Å². The van der Waals surface area contributed by atoms with Crippen LogP contribution in [-0.2, 0) is 4.79 Å². The zero-order chi connectivity index (χ0) is 21.6. The first-order chi connectivity index (χ1) is 14.4. The van der Waals surface area contributed by atoms with Gasteiger partial charge in [0.1, 0.15) is 23.7 Å². The monoisotopic (exact) mass is 538 g/mol. The molecule has 3 N–H and O–H groups in total. The van der Waals surface area contributed by atoms with Gasteiger partial charge in [-0.05, 0) is 32.0 Å². The number of nitrogens with zero attached hydrogens (tertiary/aromatic N) is 1. The number of hydrogen-bond acceptors (Lipinski definition) is 4. The molecule has 1 heterocycles. The highest BCUT2D eigenvalue weighted by molar-refractivity contribution is 14.0. The van der Waals surface area contributed by atoms with E-state index in [2.05, 4.69) is 40.9 Å². The molecule has 8 heteroatoms. The number of ether oxygens (including phenoxy) is 2. The lowest BCUT2D eigenvalue weighted by Crippen LogP contribution is -2.46. The van der Waals surface area contributed by atoms with Gasteiger partial charge < -0.3 is 25.4 Å². The number of nitrogens with one attached hydrogen (secondary N) is 3. The molecule has 0 aromatic heterocycles.